The van der Waals surface area contributed by atoms with E-state index in [0.717, 1.165) is 5.56 Å². The van der Waals surface area contributed by atoms with E-state index in [9.17, 15) is 4.39 Å². The van der Waals surface area contributed by atoms with Gasteiger partial charge < -0.3 is 10.1 Å². The van der Waals surface area contributed by atoms with E-state index in [2.05, 4.69) is 26.3 Å². The highest BCUT2D eigenvalue weighted by atomic mass is 79.9. The second kappa shape index (κ2) is 5.39. The van der Waals surface area contributed by atoms with Crippen molar-refractivity contribution in [2.24, 2.45) is 7.05 Å². The van der Waals surface area contributed by atoms with Crippen LogP contribution in [0.3, 0.4) is 0 Å². The van der Waals surface area contributed by atoms with Crippen molar-refractivity contribution in [1.82, 2.24) is 9.78 Å². The topological polar surface area (TPSA) is 39.1 Å². The van der Waals surface area contributed by atoms with Crippen LogP contribution in [0.5, 0.6) is 5.88 Å². The van der Waals surface area contributed by atoms with Gasteiger partial charge in [0.1, 0.15) is 5.82 Å². The van der Waals surface area contributed by atoms with Gasteiger partial charge in [-0.1, -0.05) is 12.1 Å². The molecule has 1 aromatic heterocycles. The van der Waals surface area contributed by atoms with Crippen LogP contribution in [-0.4, -0.2) is 16.9 Å². The molecule has 0 fully saturated rings. The van der Waals surface area contributed by atoms with Crippen molar-refractivity contribution in [2.75, 3.05) is 12.4 Å². The molecule has 0 bridgehead atoms. The standard InChI is InChI=1S/C12H13BrFN3O/c1-17-11(18-2)6-10(16-17)15-7-8-4-3-5-9(14)12(8)13/h3-6H,7H2,1-2H3,(H,15,16). The predicted molar refractivity (Wildman–Crippen MR) is 71.2 cm³/mol. The zero-order chi connectivity index (χ0) is 13.1. The third-order valence-electron chi connectivity index (χ3n) is 2.54. The fraction of sp³-hybridized carbons (Fsp3) is 0.250. The Balaban J connectivity index is 2.09. The highest BCUT2D eigenvalue weighted by Gasteiger charge is 2.07. The minimum Gasteiger partial charge on any atom is -0.481 e. The summed E-state index contributed by atoms with van der Waals surface area (Å²) in [4.78, 5) is 0. The molecule has 0 radical (unpaired) electrons. The summed E-state index contributed by atoms with van der Waals surface area (Å²) in [6, 6.07) is 6.72. The largest absolute Gasteiger partial charge is 0.481 e. The Labute approximate surface area is 113 Å². The number of halogens is 2. The molecule has 6 heteroatoms. The summed E-state index contributed by atoms with van der Waals surface area (Å²) in [5.41, 5.74) is 0.833. The number of hydrogen-bond donors (Lipinski definition) is 1. The third-order valence-corrected chi connectivity index (χ3v) is 3.43. The fourth-order valence-corrected chi connectivity index (χ4v) is 2.00. The number of ether oxygens (including phenoxy) is 1. The summed E-state index contributed by atoms with van der Waals surface area (Å²) in [7, 11) is 3.38. The maximum atomic E-state index is 13.3. The highest BCUT2D eigenvalue weighted by Crippen LogP contribution is 2.22. The SMILES string of the molecule is COc1cc(NCc2cccc(F)c2Br)nn1C. The Morgan fingerprint density at radius 2 is 2.28 bits per heavy atom. The zero-order valence-electron chi connectivity index (χ0n) is 10.1. The number of methoxy groups -OCH3 is 1. The van der Waals surface area contributed by atoms with E-state index in [4.69, 9.17) is 4.74 Å². The van der Waals surface area contributed by atoms with Crippen LogP contribution in [0.2, 0.25) is 0 Å². The van der Waals surface area contributed by atoms with Crippen LogP contribution in [0.1, 0.15) is 5.56 Å². The Hall–Kier alpha value is -1.56. The van der Waals surface area contributed by atoms with Crippen LogP contribution in [-0.2, 0) is 13.6 Å². The zero-order valence-corrected chi connectivity index (χ0v) is 11.7. The first-order chi connectivity index (χ1) is 8.61. The molecule has 4 nitrogen and oxygen atoms in total. The summed E-state index contributed by atoms with van der Waals surface area (Å²) in [6.07, 6.45) is 0. The molecule has 0 aliphatic heterocycles. The van der Waals surface area contributed by atoms with E-state index in [0.29, 0.717) is 22.7 Å². The van der Waals surface area contributed by atoms with E-state index in [-0.39, 0.29) is 5.82 Å². The van der Waals surface area contributed by atoms with Crippen molar-refractivity contribution in [2.45, 2.75) is 6.54 Å². The summed E-state index contributed by atoms with van der Waals surface area (Å²) in [5, 5.41) is 7.34. The van der Waals surface area contributed by atoms with E-state index in [1.54, 1.807) is 31.0 Å². The molecular weight excluding hydrogens is 301 g/mol. The fourth-order valence-electron chi connectivity index (χ4n) is 1.60. The lowest BCUT2D eigenvalue weighted by molar-refractivity contribution is 0.373. The van der Waals surface area contributed by atoms with Gasteiger partial charge in [-0.15, -0.1) is 0 Å². The maximum Gasteiger partial charge on any atom is 0.213 e. The second-order valence-corrected chi connectivity index (χ2v) is 4.56. The van der Waals surface area contributed by atoms with E-state index in [1.165, 1.54) is 6.07 Å². The maximum absolute atomic E-state index is 13.3. The Kier molecular flexibility index (Phi) is 3.86. The van der Waals surface area contributed by atoms with Crippen LogP contribution >= 0.6 is 15.9 Å². The van der Waals surface area contributed by atoms with Gasteiger partial charge in [0, 0.05) is 19.7 Å². The van der Waals surface area contributed by atoms with Gasteiger partial charge in [0.15, 0.2) is 5.82 Å². The smallest absolute Gasteiger partial charge is 0.213 e. The first-order valence-corrected chi connectivity index (χ1v) is 6.16. The molecule has 0 saturated carbocycles. The molecule has 0 unspecified atom stereocenters. The van der Waals surface area contributed by atoms with Gasteiger partial charge in [-0.3, -0.25) is 0 Å². The van der Waals surface area contributed by atoms with Gasteiger partial charge in [-0.2, -0.15) is 5.10 Å². The lowest BCUT2D eigenvalue weighted by Crippen LogP contribution is -2.02. The summed E-state index contributed by atoms with van der Waals surface area (Å²) < 4.78 is 20.5. The van der Waals surface area contributed by atoms with E-state index in [1.807, 2.05) is 6.07 Å². The highest BCUT2D eigenvalue weighted by molar-refractivity contribution is 9.10. The lowest BCUT2D eigenvalue weighted by Gasteiger charge is -2.06. The molecule has 0 amide bonds. The minimum absolute atomic E-state index is 0.270. The molecule has 0 aliphatic rings. The molecule has 18 heavy (non-hydrogen) atoms. The molecule has 96 valence electrons. The van der Waals surface area contributed by atoms with E-state index >= 15 is 0 Å². The monoisotopic (exact) mass is 313 g/mol. The average Bonchev–Trinajstić information content (AvgIpc) is 2.72. The van der Waals surface area contributed by atoms with E-state index < -0.39 is 0 Å². The van der Waals surface area contributed by atoms with Gasteiger partial charge >= 0.3 is 0 Å². The van der Waals surface area contributed by atoms with Gasteiger partial charge in [0.25, 0.3) is 0 Å². The number of nitrogens with zero attached hydrogens (tertiary/aromatic N) is 2. The number of hydrogen-bond acceptors (Lipinski definition) is 3. The third kappa shape index (κ3) is 2.64. The molecular formula is C12H13BrFN3O. The van der Waals surface area contributed by atoms with Crippen molar-refractivity contribution >= 4 is 21.7 Å². The normalized spacial score (nSPS) is 10.4. The average molecular weight is 314 g/mol. The van der Waals surface area contributed by atoms with Crippen molar-refractivity contribution < 1.29 is 9.13 Å². The first kappa shape index (κ1) is 12.9. The number of aromatic nitrogens is 2. The van der Waals surface area contributed by atoms with Gasteiger partial charge in [0.05, 0.1) is 11.6 Å². The summed E-state index contributed by atoms with van der Waals surface area (Å²) in [6.45, 7) is 0.485. The summed E-state index contributed by atoms with van der Waals surface area (Å²) >= 11 is 3.22. The number of rotatable bonds is 4. The van der Waals surface area contributed by atoms with Gasteiger partial charge in [-0.05, 0) is 27.6 Å². The molecule has 2 aromatic rings. The number of anilines is 1. The number of benzene rings is 1. The Morgan fingerprint density at radius 1 is 1.50 bits per heavy atom. The first-order valence-electron chi connectivity index (χ1n) is 5.36. The Bertz CT molecular complexity index is 556. The van der Waals surface area contributed by atoms with Crippen LogP contribution < -0.4 is 10.1 Å². The van der Waals surface area contributed by atoms with Crippen LogP contribution in [0.4, 0.5) is 10.2 Å². The van der Waals surface area contributed by atoms with Crippen molar-refractivity contribution in [3.05, 3.63) is 40.1 Å². The number of aryl methyl sites for hydroxylation is 1. The molecule has 0 aliphatic carbocycles. The summed E-state index contributed by atoms with van der Waals surface area (Å²) in [5.74, 6) is 1.08. The van der Waals surface area contributed by atoms with Crippen molar-refractivity contribution in [1.29, 1.82) is 0 Å². The molecule has 2 rings (SSSR count). The second-order valence-electron chi connectivity index (χ2n) is 3.76. The molecule has 0 saturated heterocycles. The lowest BCUT2D eigenvalue weighted by atomic mass is 10.2. The predicted octanol–water partition coefficient (Wildman–Crippen LogP) is 2.94. The van der Waals surface area contributed by atoms with Gasteiger partial charge in [-0.25, -0.2) is 9.07 Å². The molecule has 0 atom stereocenters. The molecule has 1 N–H and O–H groups in total. The van der Waals surface area contributed by atoms with Crippen LogP contribution in [0.15, 0.2) is 28.7 Å². The Morgan fingerprint density at radius 3 is 2.94 bits per heavy atom. The quantitative estimate of drug-likeness (QED) is 0.943. The number of nitrogens with one attached hydrogen (secondary N) is 1. The van der Waals surface area contributed by atoms with Crippen molar-refractivity contribution in [3.8, 4) is 5.88 Å². The van der Waals surface area contributed by atoms with Crippen LogP contribution in [0, 0.1) is 5.82 Å². The van der Waals surface area contributed by atoms with Crippen LogP contribution in [0.25, 0.3) is 0 Å². The molecule has 1 aromatic carbocycles. The molecule has 0 spiro atoms. The minimum atomic E-state index is -0.270. The van der Waals surface area contributed by atoms with Gasteiger partial charge in [0.2, 0.25) is 5.88 Å². The van der Waals surface area contributed by atoms with Crippen molar-refractivity contribution in [3.63, 3.8) is 0 Å². The molecule has 1 heterocycles.